The fraction of sp³-hybridized carbons (Fsp3) is 0.190. The Morgan fingerprint density at radius 1 is 0.966 bits per heavy atom. The van der Waals surface area contributed by atoms with Crippen LogP contribution in [0.15, 0.2) is 72.1 Å². The molecule has 146 valence electrons. The molecule has 1 aliphatic heterocycles. The van der Waals surface area contributed by atoms with Crippen molar-refractivity contribution in [1.82, 2.24) is 24.2 Å². The van der Waals surface area contributed by atoms with Crippen LogP contribution in [0.3, 0.4) is 0 Å². The summed E-state index contributed by atoms with van der Waals surface area (Å²) in [6.07, 6.45) is 6.43. The number of benzene rings is 2. The number of nitrogens with zero attached hydrogens (tertiary/aromatic N) is 4. The highest BCUT2D eigenvalue weighted by Gasteiger charge is 2.37. The van der Waals surface area contributed by atoms with Gasteiger partial charge in [0.25, 0.3) is 0 Å². The highest BCUT2D eigenvalue weighted by atomic mass is 32.2. The van der Waals surface area contributed by atoms with Gasteiger partial charge in [-0.05, 0) is 42.7 Å². The lowest BCUT2D eigenvalue weighted by atomic mass is 10.1. The van der Waals surface area contributed by atoms with Crippen LogP contribution in [-0.4, -0.2) is 39.2 Å². The van der Waals surface area contributed by atoms with Crippen LogP contribution < -0.4 is 0 Å². The highest BCUT2D eigenvalue weighted by Crippen LogP contribution is 2.36. The van der Waals surface area contributed by atoms with Crippen molar-refractivity contribution in [3.8, 4) is 11.1 Å². The second kappa shape index (κ2) is 7.06. The number of H-pyrrole nitrogens is 1. The summed E-state index contributed by atoms with van der Waals surface area (Å²) in [4.78, 5) is 16.2. The first kappa shape index (κ1) is 18.0. The molecule has 1 fully saturated rings. The van der Waals surface area contributed by atoms with Gasteiger partial charge in [0.15, 0.2) is 0 Å². The van der Waals surface area contributed by atoms with Crippen molar-refractivity contribution in [2.75, 3.05) is 6.54 Å². The molecule has 2 aromatic heterocycles. The maximum atomic E-state index is 13.3. The van der Waals surface area contributed by atoms with E-state index in [0.29, 0.717) is 12.4 Å². The number of nitrogens with one attached hydrogen (secondary N) is 1. The van der Waals surface area contributed by atoms with Gasteiger partial charge >= 0.3 is 0 Å². The lowest BCUT2D eigenvalue weighted by Gasteiger charge is -2.22. The van der Waals surface area contributed by atoms with Crippen LogP contribution in [0.1, 0.15) is 24.7 Å². The van der Waals surface area contributed by atoms with Gasteiger partial charge in [-0.25, -0.2) is 23.4 Å². The van der Waals surface area contributed by atoms with Crippen LogP contribution in [0.25, 0.3) is 22.2 Å². The average Bonchev–Trinajstić information content (AvgIpc) is 3.41. The number of hydrogen-bond acceptors (Lipinski definition) is 5. The molecular weight excluding hydrogens is 386 g/mol. The molecule has 1 N–H and O–H groups in total. The Labute approximate surface area is 168 Å². The Morgan fingerprint density at radius 3 is 2.48 bits per heavy atom. The number of aromatic amines is 1. The van der Waals surface area contributed by atoms with Gasteiger partial charge in [-0.2, -0.15) is 4.31 Å². The first-order valence-corrected chi connectivity index (χ1v) is 10.9. The van der Waals surface area contributed by atoms with Crippen LogP contribution in [0.4, 0.5) is 0 Å². The molecule has 1 saturated heterocycles. The zero-order valence-electron chi connectivity index (χ0n) is 15.6. The average molecular weight is 405 g/mol. The zero-order chi connectivity index (χ0) is 19.8. The molecule has 0 spiro atoms. The second-order valence-electron chi connectivity index (χ2n) is 7.06. The lowest BCUT2D eigenvalue weighted by molar-refractivity contribution is 0.385. The minimum absolute atomic E-state index is 0.279. The third-order valence-corrected chi connectivity index (χ3v) is 7.20. The van der Waals surface area contributed by atoms with Gasteiger partial charge in [0.2, 0.25) is 10.0 Å². The summed E-state index contributed by atoms with van der Waals surface area (Å²) in [6, 6.07) is 14.3. The number of fused-ring (bicyclic) bond motifs is 1. The molecule has 3 heterocycles. The van der Waals surface area contributed by atoms with Crippen LogP contribution in [0.5, 0.6) is 0 Å². The molecule has 0 saturated carbocycles. The van der Waals surface area contributed by atoms with E-state index in [9.17, 15) is 8.42 Å². The molecular formula is C21H19N5O2S. The van der Waals surface area contributed by atoms with Crippen molar-refractivity contribution in [3.05, 3.63) is 73.1 Å². The molecule has 1 atom stereocenters. The van der Waals surface area contributed by atoms with Gasteiger partial charge in [-0.1, -0.05) is 24.3 Å². The van der Waals surface area contributed by atoms with Crippen LogP contribution >= 0.6 is 0 Å². The number of hydrogen-bond donors (Lipinski definition) is 1. The predicted octanol–water partition coefficient (Wildman–Crippen LogP) is 3.55. The van der Waals surface area contributed by atoms with Gasteiger partial charge in [-0.3, -0.25) is 0 Å². The molecule has 1 unspecified atom stereocenters. The van der Waals surface area contributed by atoms with E-state index < -0.39 is 10.0 Å². The number of para-hydroxylation sites is 2. The zero-order valence-corrected chi connectivity index (χ0v) is 16.4. The Bertz CT molecular complexity index is 1220. The van der Waals surface area contributed by atoms with Crippen LogP contribution in [-0.2, 0) is 10.0 Å². The second-order valence-corrected chi connectivity index (χ2v) is 8.96. The molecule has 29 heavy (non-hydrogen) atoms. The SMILES string of the molecule is O=S(=O)(c1ccc(-c2cncnc2)cc1)N1CCCC1c1nc2ccccc2[nH]1. The molecule has 0 aliphatic carbocycles. The van der Waals surface area contributed by atoms with Crippen molar-refractivity contribution in [2.45, 2.75) is 23.8 Å². The largest absolute Gasteiger partial charge is 0.341 e. The number of aromatic nitrogens is 4. The van der Waals surface area contributed by atoms with Crippen molar-refractivity contribution in [3.63, 3.8) is 0 Å². The molecule has 7 nitrogen and oxygen atoms in total. The summed E-state index contributed by atoms with van der Waals surface area (Å²) in [5.41, 5.74) is 3.49. The Kier molecular flexibility index (Phi) is 4.37. The summed E-state index contributed by atoms with van der Waals surface area (Å²) in [6.45, 7) is 0.484. The van der Waals surface area contributed by atoms with Gasteiger partial charge in [-0.15, -0.1) is 0 Å². The van der Waals surface area contributed by atoms with Crippen molar-refractivity contribution >= 4 is 21.1 Å². The van der Waals surface area contributed by atoms with Crippen molar-refractivity contribution < 1.29 is 8.42 Å². The first-order chi connectivity index (χ1) is 14.1. The van der Waals surface area contributed by atoms with Crippen molar-refractivity contribution in [1.29, 1.82) is 0 Å². The summed E-state index contributed by atoms with van der Waals surface area (Å²) < 4.78 is 28.2. The predicted molar refractivity (Wildman–Crippen MR) is 109 cm³/mol. The molecule has 5 rings (SSSR count). The van der Waals surface area contributed by atoms with Gasteiger partial charge < -0.3 is 4.98 Å². The normalized spacial score (nSPS) is 17.7. The molecule has 8 heteroatoms. The Hall–Kier alpha value is -3.10. The van der Waals surface area contributed by atoms with E-state index in [1.807, 2.05) is 24.3 Å². The fourth-order valence-corrected chi connectivity index (χ4v) is 5.49. The number of rotatable bonds is 4. The van der Waals surface area contributed by atoms with Gasteiger partial charge in [0, 0.05) is 24.5 Å². The van der Waals surface area contributed by atoms with Gasteiger partial charge in [0.1, 0.15) is 12.2 Å². The van der Waals surface area contributed by atoms with E-state index in [-0.39, 0.29) is 10.9 Å². The summed E-state index contributed by atoms with van der Waals surface area (Å²) in [5.74, 6) is 0.699. The van der Waals surface area contributed by atoms with E-state index in [1.165, 1.54) is 6.33 Å². The van der Waals surface area contributed by atoms with E-state index in [1.54, 1.807) is 41.0 Å². The van der Waals surface area contributed by atoms with E-state index in [2.05, 4.69) is 19.9 Å². The quantitative estimate of drug-likeness (QED) is 0.561. The minimum Gasteiger partial charge on any atom is -0.341 e. The number of sulfonamides is 1. The Morgan fingerprint density at radius 2 is 1.72 bits per heavy atom. The fourth-order valence-electron chi connectivity index (χ4n) is 3.83. The molecule has 0 radical (unpaired) electrons. The lowest BCUT2D eigenvalue weighted by Crippen LogP contribution is -2.31. The summed E-state index contributed by atoms with van der Waals surface area (Å²) in [7, 11) is -3.63. The molecule has 1 aliphatic rings. The third-order valence-electron chi connectivity index (χ3n) is 5.28. The highest BCUT2D eigenvalue weighted by molar-refractivity contribution is 7.89. The standard InChI is InChI=1S/C21H19N5O2S/c27-29(28,17-9-7-15(8-10-17)16-12-22-14-23-13-16)26-11-3-6-20(26)21-24-18-4-1-2-5-19(18)25-21/h1-2,4-5,7-10,12-14,20H,3,6,11H2,(H,24,25). The molecule has 4 aromatic rings. The minimum atomic E-state index is -3.63. The Balaban J connectivity index is 1.47. The van der Waals surface area contributed by atoms with Crippen LogP contribution in [0.2, 0.25) is 0 Å². The van der Waals surface area contributed by atoms with Crippen LogP contribution in [0, 0.1) is 0 Å². The monoisotopic (exact) mass is 405 g/mol. The smallest absolute Gasteiger partial charge is 0.243 e. The van der Waals surface area contributed by atoms with E-state index in [4.69, 9.17) is 0 Å². The van der Waals surface area contributed by atoms with E-state index >= 15 is 0 Å². The van der Waals surface area contributed by atoms with E-state index in [0.717, 1.165) is 35.0 Å². The third kappa shape index (κ3) is 3.20. The molecule has 0 bridgehead atoms. The molecule has 2 aromatic carbocycles. The first-order valence-electron chi connectivity index (χ1n) is 9.45. The summed E-state index contributed by atoms with van der Waals surface area (Å²) in [5, 5.41) is 0. The van der Waals surface area contributed by atoms with Crippen molar-refractivity contribution in [2.24, 2.45) is 0 Å². The topological polar surface area (TPSA) is 91.8 Å². The molecule has 0 amide bonds. The maximum Gasteiger partial charge on any atom is 0.243 e. The number of imidazole rings is 1. The maximum absolute atomic E-state index is 13.3. The van der Waals surface area contributed by atoms with Gasteiger partial charge in [0.05, 0.1) is 22.0 Å². The summed E-state index contributed by atoms with van der Waals surface area (Å²) >= 11 is 0.